The Balaban J connectivity index is 1.92. The quantitative estimate of drug-likeness (QED) is 0.790. The first-order valence-electron chi connectivity index (χ1n) is 7.10. The number of pyridine rings is 1. The molecule has 1 aromatic heterocycles. The molecule has 1 heterocycles. The summed E-state index contributed by atoms with van der Waals surface area (Å²) in [7, 11) is 0. The standard InChI is InChI=1S/C17H12F3NO2/c18-17(19,20)12-6-4-10(5-7-12)16(23)11-8-13-14(21-9-11)2-1-3-15(13)22/h4-9H,1-3H2. The molecule has 0 spiro atoms. The summed E-state index contributed by atoms with van der Waals surface area (Å²) in [6, 6.07) is 5.48. The fourth-order valence-corrected chi connectivity index (χ4v) is 2.59. The first-order chi connectivity index (χ1) is 10.9. The maximum absolute atomic E-state index is 12.5. The average Bonchev–Trinajstić information content (AvgIpc) is 2.54. The van der Waals surface area contributed by atoms with Gasteiger partial charge in [0.2, 0.25) is 0 Å². The second kappa shape index (κ2) is 5.61. The van der Waals surface area contributed by atoms with Crippen LogP contribution in [-0.2, 0) is 12.6 Å². The fourth-order valence-electron chi connectivity index (χ4n) is 2.59. The number of benzene rings is 1. The lowest BCUT2D eigenvalue weighted by atomic mass is 9.92. The topological polar surface area (TPSA) is 47.0 Å². The van der Waals surface area contributed by atoms with E-state index in [0.29, 0.717) is 24.1 Å². The van der Waals surface area contributed by atoms with Gasteiger partial charge in [-0.3, -0.25) is 14.6 Å². The first-order valence-corrected chi connectivity index (χ1v) is 7.10. The summed E-state index contributed by atoms with van der Waals surface area (Å²) in [4.78, 5) is 28.4. The van der Waals surface area contributed by atoms with E-state index >= 15 is 0 Å². The zero-order chi connectivity index (χ0) is 16.6. The number of nitrogens with zero attached hydrogens (tertiary/aromatic N) is 1. The molecule has 0 N–H and O–H groups in total. The highest BCUT2D eigenvalue weighted by Crippen LogP contribution is 2.29. The second-order valence-corrected chi connectivity index (χ2v) is 5.40. The van der Waals surface area contributed by atoms with E-state index in [0.717, 1.165) is 30.7 Å². The van der Waals surface area contributed by atoms with E-state index in [9.17, 15) is 22.8 Å². The van der Waals surface area contributed by atoms with Crippen molar-refractivity contribution in [1.82, 2.24) is 4.98 Å². The van der Waals surface area contributed by atoms with Crippen LogP contribution in [0.5, 0.6) is 0 Å². The Morgan fingerprint density at radius 3 is 2.39 bits per heavy atom. The lowest BCUT2D eigenvalue weighted by Gasteiger charge is -2.14. The molecular formula is C17H12F3NO2. The summed E-state index contributed by atoms with van der Waals surface area (Å²) in [5, 5.41) is 0. The summed E-state index contributed by atoms with van der Waals surface area (Å²) < 4.78 is 37.6. The molecule has 1 aliphatic rings. The third kappa shape index (κ3) is 3.02. The molecule has 2 aromatic rings. The minimum atomic E-state index is -4.44. The van der Waals surface area contributed by atoms with Gasteiger partial charge in [-0.25, -0.2) is 0 Å². The SMILES string of the molecule is O=C(c1ccc(C(F)(F)F)cc1)c1cnc2c(c1)C(=O)CCC2. The summed E-state index contributed by atoms with van der Waals surface area (Å²) in [5.74, 6) is -0.506. The average molecular weight is 319 g/mol. The van der Waals surface area contributed by atoms with Crippen LogP contribution in [0, 0.1) is 0 Å². The van der Waals surface area contributed by atoms with Crippen molar-refractivity contribution < 1.29 is 22.8 Å². The van der Waals surface area contributed by atoms with Crippen LogP contribution < -0.4 is 0 Å². The van der Waals surface area contributed by atoms with Gasteiger partial charge in [-0.1, -0.05) is 12.1 Å². The Morgan fingerprint density at radius 2 is 1.74 bits per heavy atom. The maximum atomic E-state index is 12.5. The van der Waals surface area contributed by atoms with Gasteiger partial charge in [-0.2, -0.15) is 13.2 Å². The smallest absolute Gasteiger partial charge is 0.294 e. The van der Waals surface area contributed by atoms with Gasteiger partial charge in [-0.05, 0) is 31.0 Å². The van der Waals surface area contributed by atoms with Gasteiger partial charge in [0.15, 0.2) is 11.6 Å². The van der Waals surface area contributed by atoms with Crippen molar-refractivity contribution in [3.05, 3.63) is 64.5 Å². The molecular weight excluding hydrogens is 307 g/mol. The molecule has 23 heavy (non-hydrogen) atoms. The molecule has 0 atom stereocenters. The Kier molecular flexibility index (Phi) is 3.75. The van der Waals surface area contributed by atoms with E-state index in [1.807, 2.05) is 0 Å². The van der Waals surface area contributed by atoms with Gasteiger partial charge in [0.1, 0.15) is 0 Å². The Morgan fingerprint density at radius 1 is 1.04 bits per heavy atom. The van der Waals surface area contributed by atoms with Gasteiger partial charge >= 0.3 is 6.18 Å². The predicted molar refractivity (Wildman–Crippen MR) is 76.4 cm³/mol. The third-order valence-corrected chi connectivity index (χ3v) is 3.82. The highest BCUT2D eigenvalue weighted by Gasteiger charge is 2.30. The van der Waals surface area contributed by atoms with Gasteiger partial charge in [-0.15, -0.1) is 0 Å². The minimum absolute atomic E-state index is 0.0548. The van der Waals surface area contributed by atoms with Crippen molar-refractivity contribution in [2.45, 2.75) is 25.4 Å². The summed E-state index contributed by atoms with van der Waals surface area (Å²) in [6.45, 7) is 0. The van der Waals surface area contributed by atoms with Crippen LogP contribution in [0.1, 0.15) is 50.4 Å². The number of hydrogen-bond donors (Lipinski definition) is 0. The Bertz CT molecular complexity index is 779. The van der Waals surface area contributed by atoms with Crippen LogP contribution in [0.25, 0.3) is 0 Å². The van der Waals surface area contributed by atoms with Crippen LogP contribution in [-0.4, -0.2) is 16.6 Å². The number of ketones is 2. The van der Waals surface area contributed by atoms with Crippen LogP contribution in [0.4, 0.5) is 13.2 Å². The lowest BCUT2D eigenvalue weighted by Crippen LogP contribution is -2.14. The summed E-state index contributed by atoms with van der Waals surface area (Å²) >= 11 is 0. The molecule has 0 saturated heterocycles. The van der Waals surface area contributed by atoms with Gasteiger partial charge in [0, 0.05) is 29.3 Å². The molecule has 0 bridgehead atoms. The number of aryl methyl sites for hydroxylation is 1. The van der Waals surface area contributed by atoms with E-state index < -0.39 is 17.5 Å². The predicted octanol–water partition coefficient (Wildman–Crippen LogP) is 3.85. The van der Waals surface area contributed by atoms with Crippen LogP contribution in [0.2, 0.25) is 0 Å². The van der Waals surface area contributed by atoms with Crippen molar-refractivity contribution in [2.75, 3.05) is 0 Å². The van der Waals surface area contributed by atoms with Gasteiger partial charge in [0.25, 0.3) is 0 Å². The molecule has 3 rings (SSSR count). The van der Waals surface area contributed by atoms with Crippen molar-refractivity contribution in [2.24, 2.45) is 0 Å². The highest BCUT2D eigenvalue weighted by atomic mass is 19.4. The number of carbonyl (C=O) groups is 2. The minimum Gasteiger partial charge on any atom is -0.294 e. The van der Waals surface area contributed by atoms with E-state index in [2.05, 4.69) is 4.98 Å². The molecule has 3 nitrogen and oxygen atoms in total. The Labute approximate surface area is 130 Å². The number of fused-ring (bicyclic) bond motifs is 1. The molecule has 0 unspecified atom stereocenters. The molecule has 1 aromatic carbocycles. The first kappa shape index (κ1) is 15.4. The number of rotatable bonds is 2. The molecule has 1 aliphatic carbocycles. The van der Waals surface area contributed by atoms with Gasteiger partial charge in [0.05, 0.1) is 11.3 Å². The third-order valence-electron chi connectivity index (χ3n) is 3.82. The fraction of sp³-hybridized carbons (Fsp3) is 0.235. The zero-order valence-corrected chi connectivity index (χ0v) is 12.0. The second-order valence-electron chi connectivity index (χ2n) is 5.40. The normalized spacial score (nSPS) is 14.5. The number of aromatic nitrogens is 1. The van der Waals surface area contributed by atoms with Crippen molar-refractivity contribution >= 4 is 11.6 Å². The van der Waals surface area contributed by atoms with Crippen LogP contribution in [0.3, 0.4) is 0 Å². The van der Waals surface area contributed by atoms with Gasteiger partial charge < -0.3 is 0 Å². The van der Waals surface area contributed by atoms with Crippen LogP contribution >= 0.6 is 0 Å². The molecule has 0 fully saturated rings. The Hall–Kier alpha value is -2.50. The number of halogens is 3. The summed E-state index contributed by atoms with van der Waals surface area (Å²) in [6.07, 6.45) is -1.22. The monoisotopic (exact) mass is 319 g/mol. The number of Topliss-reactive ketones (excluding diaryl/α,β-unsaturated/α-hetero) is 1. The van der Waals surface area contributed by atoms with Crippen molar-refractivity contribution in [1.29, 1.82) is 0 Å². The van der Waals surface area contributed by atoms with E-state index in [1.165, 1.54) is 12.3 Å². The maximum Gasteiger partial charge on any atom is 0.416 e. The largest absolute Gasteiger partial charge is 0.416 e. The zero-order valence-electron chi connectivity index (χ0n) is 12.0. The van der Waals surface area contributed by atoms with Crippen molar-refractivity contribution in [3.8, 4) is 0 Å². The van der Waals surface area contributed by atoms with Crippen LogP contribution in [0.15, 0.2) is 36.5 Å². The van der Waals surface area contributed by atoms with E-state index in [4.69, 9.17) is 0 Å². The summed E-state index contributed by atoms with van der Waals surface area (Å²) in [5.41, 5.74) is 0.633. The molecule has 118 valence electrons. The van der Waals surface area contributed by atoms with E-state index in [-0.39, 0.29) is 16.9 Å². The molecule has 6 heteroatoms. The molecule has 0 amide bonds. The molecule has 0 aliphatic heterocycles. The number of alkyl halides is 3. The molecule has 0 saturated carbocycles. The molecule has 0 radical (unpaired) electrons. The lowest BCUT2D eigenvalue weighted by molar-refractivity contribution is -0.137. The van der Waals surface area contributed by atoms with Crippen molar-refractivity contribution in [3.63, 3.8) is 0 Å². The highest BCUT2D eigenvalue weighted by molar-refractivity contribution is 6.10. The van der Waals surface area contributed by atoms with E-state index in [1.54, 1.807) is 0 Å². The number of carbonyl (C=O) groups excluding carboxylic acids is 2. The number of hydrogen-bond acceptors (Lipinski definition) is 3.